The predicted molar refractivity (Wildman–Crippen MR) is 58.1 cm³/mol. The van der Waals surface area contributed by atoms with Crippen molar-refractivity contribution >= 4 is 23.1 Å². The van der Waals surface area contributed by atoms with Gasteiger partial charge in [0.05, 0.1) is 12.6 Å². The summed E-state index contributed by atoms with van der Waals surface area (Å²) >= 11 is 5.91. The molecule has 0 radical (unpaired) electrons. The van der Waals surface area contributed by atoms with E-state index < -0.39 is 5.97 Å². The second kappa shape index (κ2) is 4.02. The molecule has 2 aromatic rings. The number of halogens is 1. The minimum absolute atomic E-state index is 0.200. The number of fused-ring (bicyclic) bond motifs is 1. The van der Waals surface area contributed by atoms with Gasteiger partial charge in [0.1, 0.15) is 12.2 Å². The van der Waals surface area contributed by atoms with E-state index in [1.807, 2.05) is 0 Å². The fourth-order valence-electron chi connectivity index (χ4n) is 1.55. The first-order valence-electron chi connectivity index (χ1n) is 4.55. The van der Waals surface area contributed by atoms with Crippen molar-refractivity contribution in [1.82, 2.24) is 9.38 Å². The van der Waals surface area contributed by atoms with E-state index in [2.05, 4.69) is 4.98 Å². The number of ether oxygens (including phenoxy) is 1. The van der Waals surface area contributed by atoms with Gasteiger partial charge in [-0.3, -0.25) is 9.20 Å². The van der Waals surface area contributed by atoms with Crippen LogP contribution in [0.4, 0.5) is 0 Å². The minimum atomic E-state index is -0.963. The topological polar surface area (TPSA) is 63.8 Å². The Hall–Kier alpha value is -1.75. The Morgan fingerprint density at radius 1 is 1.62 bits per heavy atom. The van der Waals surface area contributed by atoms with Crippen LogP contribution in [0, 0.1) is 0 Å². The lowest BCUT2D eigenvalue weighted by molar-refractivity contribution is -0.136. The van der Waals surface area contributed by atoms with Crippen LogP contribution in [0.1, 0.15) is 5.82 Å². The number of carboxylic acid groups (broad SMARTS) is 1. The standard InChI is InChI=1S/C10H9ClN2O3/c1-16-8-4-2-3-6-10(11)12-7(13(6)8)5-9(14)15/h2-4H,5H2,1H3,(H,14,15). The summed E-state index contributed by atoms with van der Waals surface area (Å²) in [4.78, 5) is 14.7. The number of rotatable bonds is 3. The van der Waals surface area contributed by atoms with Crippen LogP contribution >= 0.6 is 11.6 Å². The van der Waals surface area contributed by atoms with Crippen molar-refractivity contribution in [3.8, 4) is 5.88 Å². The molecule has 84 valence electrons. The fraction of sp³-hybridized carbons (Fsp3) is 0.200. The maximum Gasteiger partial charge on any atom is 0.311 e. The maximum absolute atomic E-state index is 10.7. The molecule has 2 aromatic heterocycles. The molecule has 0 aromatic carbocycles. The van der Waals surface area contributed by atoms with Gasteiger partial charge in [-0.2, -0.15) is 0 Å². The van der Waals surface area contributed by atoms with E-state index >= 15 is 0 Å². The Bertz CT molecular complexity index is 550. The van der Waals surface area contributed by atoms with Gasteiger partial charge in [0.25, 0.3) is 0 Å². The van der Waals surface area contributed by atoms with Crippen LogP contribution in [0.15, 0.2) is 18.2 Å². The second-order valence-corrected chi connectivity index (χ2v) is 3.54. The molecule has 1 N–H and O–H groups in total. The van der Waals surface area contributed by atoms with Crippen molar-refractivity contribution in [3.63, 3.8) is 0 Å². The van der Waals surface area contributed by atoms with Gasteiger partial charge < -0.3 is 9.84 Å². The van der Waals surface area contributed by atoms with Crippen LogP contribution in [0.5, 0.6) is 5.88 Å². The molecule has 0 spiro atoms. The Morgan fingerprint density at radius 3 is 3.00 bits per heavy atom. The average molecular weight is 241 g/mol. The molecule has 0 saturated carbocycles. The quantitative estimate of drug-likeness (QED) is 0.886. The van der Waals surface area contributed by atoms with Crippen LogP contribution < -0.4 is 4.74 Å². The van der Waals surface area contributed by atoms with Gasteiger partial charge in [0, 0.05) is 0 Å². The zero-order valence-corrected chi connectivity index (χ0v) is 9.23. The zero-order chi connectivity index (χ0) is 11.7. The highest BCUT2D eigenvalue weighted by molar-refractivity contribution is 6.32. The number of methoxy groups -OCH3 is 1. The molecular formula is C10H9ClN2O3. The second-order valence-electron chi connectivity index (χ2n) is 3.18. The summed E-state index contributed by atoms with van der Waals surface area (Å²) in [6.07, 6.45) is -0.200. The third-order valence-corrected chi connectivity index (χ3v) is 2.45. The summed E-state index contributed by atoms with van der Waals surface area (Å²) in [5, 5.41) is 9.04. The number of carbonyl (C=O) groups is 1. The number of hydrogen-bond acceptors (Lipinski definition) is 3. The Labute approximate surface area is 96.2 Å². The van der Waals surface area contributed by atoms with E-state index in [-0.39, 0.29) is 11.6 Å². The van der Waals surface area contributed by atoms with Gasteiger partial charge in [-0.25, -0.2) is 4.98 Å². The number of nitrogens with zero attached hydrogens (tertiary/aromatic N) is 2. The smallest absolute Gasteiger partial charge is 0.311 e. The molecule has 5 nitrogen and oxygen atoms in total. The molecule has 2 rings (SSSR count). The normalized spacial score (nSPS) is 10.6. The molecule has 2 heterocycles. The lowest BCUT2D eigenvalue weighted by Gasteiger charge is -2.05. The van der Waals surface area contributed by atoms with Gasteiger partial charge in [-0.1, -0.05) is 17.7 Å². The minimum Gasteiger partial charge on any atom is -0.482 e. The summed E-state index contributed by atoms with van der Waals surface area (Å²) in [5.74, 6) is -0.104. The third-order valence-electron chi connectivity index (χ3n) is 2.17. The average Bonchev–Trinajstić information content (AvgIpc) is 2.55. The molecular weight excluding hydrogens is 232 g/mol. The van der Waals surface area contributed by atoms with E-state index in [0.717, 1.165) is 0 Å². The van der Waals surface area contributed by atoms with Crippen LogP contribution in [0.2, 0.25) is 5.15 Å². The van der Waals surface area contributed by atoms with E-state index in [9.17, 15) is 4.79 Å². The Kier molecular flexibility index (Phi) is 2.70. The van der Waals surface area contributed by atoms with Crippen molar-refractivity contribution in [2.45, 2.75) is 6.42 Å². The number of carboxylic acids is 1. The monoisotopic (exact) mass is 240 g/mol. The highest BCUT2D eigenvalue weighted by atomic mass is 35.5. The van der Waals surface area contributed by atoms with Crippen molar-refractivity contribution in [2.75, 3.05) is 7.11 Å². The lowest BCUT2D eigenvalue weighted by atomic mass is 10.4. The zero-order valence-electron chi connectivity index (χ0n) is 8.48. The number of hydrogen-bond donors (Lipinski definition) is 1. The number of aromatic nitrogens is 2. The van der Waals surface area contributed by atoms with Crippen molar-refractivity contribution in [3.05, 3.63) is 29.2 Å². The molecule has 0 saturated heterocycles. The van der Waals surface area contributed by atoms with Crippen molar-refractivity contribution in [1.29, 1.82) is 0 Å². The Balaban J connectivity index is 2.69. The lowest BCUT2D eigenvalue weighted by Crippen LogP contribution is -2.06. The fourth-order valence-corrected chi connectivity index (χ4v) is 1.80. The molecule has 0 atom stereocenters. The number of pyridine rings is 1. The molecule has 0 bridgehead atoms. The van der Waals surface area contributed by atoms with Crippen molar-refractivity contribution in [2.24, 2.45) is 0 Å². The summed E-state index contributed by atoms with van der Waals surface area (Å²) < 4.78 is 6.73. The molecule has 0 amide bonds. The molecule has 0 unspecified atom stereocenters. The van der Waals surface area contributed by atoms with Gasteiger partial charge in [0.2, 0.25) is 0 Å². The third kappa shape index (κ3) is 1.69. The van der Waals surface area contributed by atoms with Crippen molar-refractivity contribution < 1.29 is 14.6 Å². The maximum atomic E-state index is 10.7. The number of imidazole rings is 1. The summed E-state index contributed by atoms with van der Waals surface area (Å²) in [6.45, 7) is 0. The molecule has 16 heavy (non-hydrogen) atoms. The van der Waals surface area contributed by atoms with Crippen LogP contribution in [-0.2, 0) is 11.2 Å². The van der Waals surface area contributed by atoms with Gasteiger partial charge in [-0.05, 0) is 12.1 Å². The summed E-state index contributed by atoms with van der Waals surface area (Å²) in [7, 11) is 1.51. The van der Waals surface area contributed by atoms with E-state index in [0.29, 0.717) is 17.2 Å². The van der Waals surface area contributed by atoms with E-state index in [4.69, 9.17) is 21.4 Å². The SMILES string of the molecule is COc1cccc2c(Cl)nc(CC(=O)O)n12. The first kappa shape index (κ1) is 10.8. The molecule has 0 aliphatic heterocycles. The highest BCUT2D eigenvalue weighted by Gasteiger charge is 2.14. The first-order valence-corrected chi connectivity index (χ1v) is 4.93. The summed E-state index contributed by atoms with van der Waals surface area (Å²) in [6, 6.07) is 5.24. The highest BCUT2D eigenvalue weighted by Crippen LogP contribution is 2.24. The molecule has 6 heteroatoms. The number of aliphatic carboxylic acids is 1. The van der Waals surface area contributed by atoms with Gasteiger partial charge in [0.15, 0.2) is 11.0 Å². The predicted octanol–water partition coefficient (Wildman–Crippen LogP) is 1.62. The molecule has 0 fully saturated rings. The molecule has 0 aliphatic rings. The van der Waals surface area contributed by atoms with Gasteiger partial charge >= 0.3 is 5.97 Å². The van der Waals surface area contributed by atoms with Gasteiger partial charge in [-0.15, -0.1) is 0 Å². The summed E-state index contributed by atoms with van der Waals surface area (Å²) in [5.41, 5.74) is 0.636. The Morgan fingerprint density at radius 2 is 2.38 bits per heavy atom. The van der Waals surface area contributed by atoms with Crippen LogP contribution in [-0.4, -0.2) is 27.6 Å². The van der Waals surface area contributed by atoms with Crippen LogP contribution in [0.25, 0.3) is 5.52 Å². The largest absolute Gasteiger partial charge is 0.482 e. The molecule has 0 aliphatic carbocycles. The van der Waals surface area contributed by atoms with Crippen LogP contribution in [0.3, 0.4) is 0 Å². The van der Waals surface area contributed by atoms with E-state index in [1.54, 1.807) is 22.6 Å². The van der Waals surface area contributed by atoms with E-state index in [1.165, 1.54) is 7.11 Å². The first-order chi connectivity index (χ1) is 7.63.